The van der Waals surface area contributed by atoms with Gasteiger partial charge in [-0.25, -0.2) is 4.57 Å². The van der Waals surface area contributed by atoms with Crippen LogP contribution in [0, 0.1) is 5.41 Å². The SMILES string of the molecule is CC(C)(C)CC(=O)Nc1ccc(C(=O)/N=c2\sccn2COP(=O)(O)O)cc1. The Balaban J connectivity index is 2.08. The van der Waals surface area contributed by atoms with E-state index in [1.807, 2.05) is 20.8 Å². The highest BCUT2D eigenvalue weighted by molar-refractivity contribution is 7.46. The van der Waals surface area contributed by atoms with Crippen LogP contribution in [0.3, 0.4) is 0 Å². The number of benzene rings is 1. The number of rotatable bonds is 6. The largest absolute Gasteiger partial charge is 0.471 e. The third-order valence-electron chi connectivity index (χ3n) is 3.33. The van der Waals surface area contributed by atoms with Crippen molar-refractivity contribution in [1.82, 2.24) is 4.57 Å². The summed E-state index contributed by atoms with van der Waals surface area (Å²) in [5.41, 5.74) is 0.759. The molecule has 9 nitrogen and oxygen atoms in total. The van der Waals surface area contributed by atoms with Crippen molar-refractivity contribution >= 4 is 36.7 Å². The maximum atomic E-state index is 12.3. The molecule has 0 atom stereocenters. The topological polar surface area (TPSA) is 130 Å². The molecule has 2 rings (SSSR count). The molecule has 2 amide bonds. The first kappa shape index (κ1) is 22.2. The number of thiazole rings is 1. The van der Waals surface area contributed by atoms with Crippen LogP contribution < -0.4 is 10.1 Å². The Bertz CT molecular complexity index is 952. The van der Waals surface area contributed by atoms with Gasteiger partial charge < -0.3 is 15.1 Å². The molecule has 0 fully saturated rings. The maximum absolute atomic E-state index is 12.3. The molecule has 1 aromatic carbocycles. The van der Waals surface area contributed by atoms with E-state index in [0.717, 1.165) is 11.3 Å². The van der Waals surface area contributed by atoms with Crippen molar-refractivity contribution in [2.75, 3.05) is 5.32 Å². The summed E-state index contributed by atoms with van der Waals surface area (Å²) in [5, 5.41) is 4.39. The van der Waals surface area contributed by atoms with Gasteiger partial charge in [0.1, 0.15) is 6.73 Å². The first-order valence-corrected chi connectivity index (χ1v) is 10.7. The number of nitrogens with one attached hydrogen (secondary N) is 1. The van der Waals surface area contributed by atoms with Crippen LogP contribution in [-0.2, 0) is 20.6 Å². The van der Waals surface area contributed by atoms with E-state index in [4.69, 9.17) is 9.79 Å². The van der Waals surface area contributed by atoms with Gasteiger partial charge in [-0.1, -0.05) is 20.8 Å². The zero-order valence-corrected chi connectivity index (χ0v) is 17.4. The van der Waals surface area contributed by atoms with Gasteiger partial charge in [-0.05, 0) is 29.7 Å². The van der Waals surface area contributed by atoms with Gasteiger partial charge in [0.05, 0.1) is 0 Å². The number of phosphoric acid groups is 1. The Morgan fingerprint density at radius 3 is 2.46 bits per heavy atom. The van der Waals surface area contributed by atoms with Crippen molar-refractivity contribution in [2.24, 2.45) is 10.4 Å². The van der Waals surface area contributed by atoms with Crippen molar-refractivity contribution in [3.63, 3.8) is 0 Å². The minimum atomic E-state index is -4.63. The third kappa shape index (κ3) is 7.49. The van der Waals surface area contributed by atoms with Crippen molar-refractivity contribution in [3.05, 3.63) is 46.2 Å². The summed E-state index contributed by atoms with van der Waals surface area (Å²) in [6.45, 7) is 5.48. The van der Waals surface area contributed by atoms with Gasteiger partial charge in [-0.3, -0.25) is 18.7 Å². The fourth-order valence-corrected chi connectivity index (χ4v) is 3.15. The van der Waals surface area contributed by atoms with E-state index in [1.165, 1.54) is 10.8 Å². The van der Waals surface area contributed by atoms with Gasteiger partial charge in [-0.15, -0.1) is 11.3 Å². The van der Waals surface area contributed by atoms with Gasteiger partial charge in [0.2, 0.25) is 5.91 Å². The summed E-state index contributed by atoms with van der Waals surface area (Å²) >= 11 is 1.13. The highest BCUT2D eigenvalue weighted by atomic mass is 32.1. The number of aromatic nitrogens is 1. The van der Waals surface area contributed by atoms with Crippen LogP contribution in [0.2, 0.25) is 0 Å². The molecule has 1 heterocycles. The summed E-state index contributed by atoms with van der Waals surface area (Å²) < 4.78 is 16.5. The Kier molecular flexibility index (Phi) is 7.08. The van der Waals surface area contributed by atoms with Gasteiger partial charge in [-0.2, -0.15) is 4.99 Å². The molecule has 0 aliphatic heterocycles. The van der Waals surface area contributed by atoms with E-state index in [-0.39, 0.29) is 16.1 Å². The summed E-state index contributed by atoms with van der Waals surface area (Å²) in [4.78, 5) is 46.0. The lowest BCUT2D eigenvalue weighted by Crippen LogP contribution is -2.19. The number of nitrogens with zero attached hydrogens (tertiary/aromatic N) is 2. The van der Waals surface area contributed by atoms with E-state index >= 15 is 0 Å². The van der Waals surface area contributed by atoms with Crippen LogP contribution in [-0.4, -0.2) is 26.2 Å². The number of carbonyl (C=O) groups excluding carboxylic acids is 2. The van der Waals surface area contributed by atoms with Crippen molar-refractivity contribution in [2.45, 2.75) is 33.9 Å². The normalized spacial score (nSPS) is 12.8. The Morgan fingerprint density at radius 1 is 1.25 bits per heavy atom. The molecule has 1 aromatic heterocycles. The van der Waals surface area contributed by atoms with Crippen molar-refractivity contribution in [1.29, 1.82) is 0 Å². The van der Waals surface area contributed by atoms with Gasteiger partial charge in [0.15, 0.2) is 4.80 Å². The Morgan fingerprint density at radius 2 is 1.89 bits per heavy atom. The highest BCUT2D eigenvalue weighted by Crippen LogP contribution is 2.35. The lowest BCUT2D eigenvalue weighted by molar-refractivity contribution is -0.117. The number of hydrogen-bond acceptors (Lipinski definition) is 5. The number of phosphoric ester groups is 1. The second-order valence-electron chi connectivity index (χ2n) is 7.18. The molecule has 11 heteroatoms. The molecule has 28 heavy (non-hydrogen) atoms. The minimum Gasteiger partial charge on any atom is -0.326 e. The van der Waals surface area contributed by atoms with E-state index in [9.17, 15) is 14.2 Å². The number of amides is 2. The Hall–Kier alpha value is -2.10. The molecular formula is C17H22N3O6PS. The number of anilines is 1. The monoisotopic (exact) mass is 427 g/mol. The molecule has 3 N–H and O–H groups in total. The molecular weight excluding hydrogens is 405 g/mol. The number of carbonyl (C=O) groups is 2. The zero-order valence-electron chi connectivity index (χ0n) is 15.7. The molecule has 152 valence electrons. The maximum Gasteiger partial charge on any atom is 0.471 e. The smallest absolute Gasteiger partial charge is 0.326 e. The summed E-state index contributed by atoms with van der Waals surface area (Å²) in [6.07, 6.45) is 1.87. The summed E-state index contributed by atoms with van der Waals surface area (Å²) in [7, 11) is -4.63. The molecule has 0 bridgehead atoms. The second-order valence-corrected chi connectivity index (χ2v) is 9.30. The molecule has 0 radical (unpaired) electrons. The van der Waals surface area contributed by atoms with Crippen LogP contribution in [0.4, 0.5) is 5.69 Å². The van der Waals surface area contributed by atoms with E-state index in [0.29, 0.717) is 17.7 Å². The van der Waals surface area contributed by atoms with Gasteiger partial charge >= 0.3 is 7.82 Å². The van der Waals surface area contributed by atoms with Crippen molar-refractivity contribution < 1.29 is 28.5 Å². The molecule has 2 aromatic rings. The van der Waals surface area contributed by atoms with Gasteiger partial charge in [0, 0.05) is 29.2 Å². The average molecular weight is 427 g/mol. The Labute approximate surface area is 165 Å². The first-order chi connectivity index (χ1) is 12.9. The highest BCUT2D eigenvalue weighted by Gasteiger charge is 2.16. The van der Waals surface area contributed by atoms with E-state index in [2.05, 4.69) is 14.8 Å². The predicted octanol–water partition coefficient (Wildman–Crippen LogP) is 2.73. The predicted molar refractivity (Wildman–Crippen MR) is 104 cm³/mol. The standard InChI is InChI=1S/C17H22N3O6PS/c1-17(2,3)10-14(21)18-13-6-4-12(5-7-13)15(22)19-16-20(8-9-28-16)11-26-27(23,24)25/h4-9H,10-11H2,1-3H3,(H,18,21)(H2,23,24,25)/b19-16-. The molecule has 0 saturated heterocycles. The molecule has 0 aliphatic carbocycles. The van der Waals surface area contributed by atoms with E-state index < -0.39 is 20.5 Å². The number of hydrogen-bond donors (Lipinski definition) is 3. The fourth-order valence-electron chi connectivity index (χ4n) is 2.16. The van der Waals surface area contributed by atoms with Crippen LogP contribution in [0.5, 0.6) is 0 Å². The third-order valence-corrected chi connectivity index (χ3v) is 4.57. The van der Waals surface area contributed by atoms with Crippen LogP contribution in [0.1, 0.15) is 37.6 Å². The second kappa shape index (κ2) is 8.93. The minimum absolute atomic E-state index is 0.110. The fraction of sp³-hybridized carbons (Fsp3) is 0.353. The van der Waals surface area contributed by atoms with Crippen LogP contribution >= 0.6 is 19.2 Å². The molecule has 0 unspecified atom stereocenters. The van der Waals surface area contributed by atoms with Crippen LogP contribution in [0.25, 0.3) is 0 Å². The quantitative estimate of drug-likeness (QED) is 0.608. The lowest BCUT2D eigenvalue weighted by Gasteiger charge is -2.17. The van der Waals surface area contributed by atoms with E-state index in [1.54, 1.807) is 29.6 Å². The first-order valence-electron chi connectivity index (χ1n) is 8.26. The molecule has 0 saturated carbocycles. The molecule has 0 spiro atoms. The van der Waals surface area contributed by atoms with Crippen molar-refractivity contribution in [3.8, 4) is 0 Å². The summed E-state index contributed by atoms with van der Waals surface area (Å²) in [5.74, 6) is -0.638. The lowest BCUT2D eigenvalue weighted by atomic mass is 9.92. The van der Waals surface area contributed by atoms with Gasteiger partial charge in [0.25, 0.3) is 5.91 Å². The molecule has 0 aliphatic rings. The average Bonchev–Trinajstić information content (AvgIpc) is 2.98. The summed E-state index contributed by atoms with van der Waals surface area (Å²) in [6, 6.07) is 6.32. The zero-order chi connectivity index (χ0) is 20.9. The van der Waals surface area contributed by atoms with Crippen LogP contribution in [0.15, 0.2) is 40.8 Å².